The summed E-state index contributed by atoms with van der Waals surface area (Å²) >= 11 is 0. The van der Waals surface area contributed by atoms with Crippen LogP contribution in [0.15, 0.2) is 0 Å². The largest absolute Gasteiger partial charge is 0.396 e. The van der Waals surface area contributed by atoms with Crippen molar-refractivity contribution in [3.63, 3.8) is 0 Å². The molecule has 0 unspecified atom stereocenters. The number of rotatable bonds is 8. The van der Waals surface area contributed by atoms with E-state index in [-0.39, 0.29) is 12.4 Å². The molecule has 13 heavy (non-hydrogen) atoms. The smallest absolute Gasteiger partial charge is 0.211 e. The number of ether oxygens (including phenoxy) is 1. The third kappa shape index (κ3) is 8.17. The first-order chi connectivity index (χ1) is 6.12. The molecule has 0 aliphatic carbocycles. The fourth-order valence-corrected chi connectivity index (χ4v) is 1.87. The summed E-state index contributed by atoms with van der Waals surface area (Å²) in [6.45, 7) is 0.743. The molecule has 0 saturated heterocycles. The van der Waals surface area contributed by atoms with Gasteiger partial charge in [0.1, 0.15) is 0 Å². The topological polar surface area (TPSA) is 75.6 Å². The molecule has 5 nitrogen and oxygen atoms in total. The number of hydrogen-bond acceptors (Lipinski definition) is 4. The second-order valence-electron chi connectivity index (χ2n) is 2.64. The van der Waals surface area contributed by atoms with Gasteiger partial charge in [0, 0.05) is 26.9 Å². The first-order valence-corrected chi connectivity index (χ1v) is 5.85. The van der Waals surface area contributed by atoms with Crippen LogP contribution in [0.25, 0.3) is 0 Å². The molecule has 0 aromatic rings. The SMILES string of the molecule is COCCCS(=O)(=O)NCCCO. The number of aliphatic hydroxyl groups is 1. The van der Waals surface area contributed by atoms with Crippen molar-refractivity contribution in [2.24, 2.45) is 0 Å². The van der Waals surface area contributed by atoms with E-state index in [1.807, 2.05) is 0 Å². The van der Waals surface area contributed by atoms with Crippen LogP contribution in [-0.2, 0) is 14.8 Å². The highest BCUT2D eigenvalue weighted by Crippen LogP contribution is 1.90. The summed E-state index contributed by atoms with van der Waals surface area (Å²) in [5.41, 5.74) is 0. The molecule has 0 saturated carbocycles. The van der Waals surface area contributed by atoms with Crippen LogP contribution in [-0.4, -0.2) is 46.1 Å². The Hall–Kier alpha value is -0.170. The first kappa shape index (κ1) is 12.8. The predicted octanol–water partition coefficient (Wildman–Crippen LogP) is -0.675. The number of aliphatic hydroxyl groups excluding tert-OH is 1. The maximum atomic E-state index is 11.1. The highest BCUT2D eigenvalue weighted by molar-refractivity contribution is 7.89. The van der Waals surface area contributed by atoms with Crippen molar-refractivity contribution in [2.45, 2.75) is 12.8 Å². The van der Waals surface area contributed by atoms with Gasteiger partial charge in [0.15, 0.2) is 0 Å². The van der Waals surface area contributed by atoms with Gasteiger partial charge in [0.25, 0.3) is 0 Å². The second kappa shape index (κ2) is 7.25. The van der Waals surface area contributed by atoms with E-state index in [4.69, 9.17) is 9.84 Å². The highest BCUT2D eigenvalue weighted by atomic mass is 32.2. The van der Waals surface area contributed by atoms with E-state index in [0.29, 0.717) is 26.0 Å². The molecule has 0 amide bonds. The van der Waals surface area contributed by atoms with Crippen molar-refractivity contribution in [1.82, 2.24) is 4.72 Å². The van der Waals surface area contributed by atoms with Gasteiger partial charge in [-0.15, -0.1) is 0 Å². The highest BCUT2D eigenvalue weighted by Gasteiger charge is 2.07. The van der Waals surface area contributed by atoms with E-state index in [1.165, 1.54) is 7.11 Å². The van der Waals surface area contributed by atoms with Gasteiger partial charge in [-0.25, -0.2) is 13.1 Å². The lowest BCUT2D eigenvalue weighted by atomic mass is 10.5. The molecule has 0 radical (unpaired) electrons. The monoisotopic (exact) mass is 211 g/mol. The lowest BCUT2D eigenvalue weighted by Gasteiger charge is -2.04. The van der Waals surface area contributed by atoms with Gasteiger partial charge in [-0.1, -0.05) is 0 Å². The van der Waals surface area contributed by atoms with E-state index >= 15 is 0 Å². The normalized spacial score (nSPS) is 11.8. The van der Waals surface area contributed by atoms with Crippen LogP contribution < -0.4 is 4.72 Å². The van der Waals surface area contributed by atoms with Gasteiger partial charge in [-0.2, -0.15) is 0 Å². The van der Waals surface area contributed by atoms with Gasteiger partial charge in [0.2, 0.25) is 10.0 Å². The molecule has 0 aliphatic heterocycles. The Labute approximate surface area is 79.1 Å². The van der Waals surface area contributed by atoms with Crippen molar-refractivity contribution < 1.29 is 18.3 Å². The lowest BCUT2D eigenvalue weighted by molar-refractivity contribution is 0.199. The van der Waals surface area contributed by atoms with Gasteiger partial charge in [0.05, 0.1) is 5.75 Å². The second-order valence-corrected chi connectivity index (χ2v) is 4.56. The number of hydrogen-bond donors (Lipinski definition) is 2. The average Bonchev–Trinajstić information content (AvgIpc) is 2.05. The number of nitrogens with one attached hydrogen (secondary N) is 1. The molecule has 0 aliphatic rings. The Morgan fingerprint density at radius 2 is 2.08 bits per heavy atom. The Bertz CT molecular complexity index is 187. The molecule has 0 aromatic carbocycles. The molecule has 2 N–H and O–H groups in total. The lowest BCUT2D eigenvalue weighted by Crippen LogP contribution is -2.28. The van der Waals surface area contributed by atoms with Crippen LogP contribution in [0.4, 0.5) is 0 Å². The minimum absolute atomic E-state index is 0.000586. The summed E-state index contributed by atoms with van der Waals surface area (Å²) in [7, 11) is -1.63. The van der Waals surface area contributed by atoms with E-state index in [0.717, 1.165) is 0 Å². The van der Waals surface area contributed by atoms with Crippen LogP contribution in [0.5, 0.6) is 0 Å². The van der Waals surface area contributed by atoms with Crippen molar-refractivity contribution in [2.75, 3.05) is 32.6 Å². The summed E-state index contributed by atoms with van der Waals surface area (Å²) in [4.78, 5) is 0. The summed E-state index contributed by atoms with van der Waals surface area (Å²) < 4.78 is 29.4. The molecule has 0 spiro atoms. The summed E-state index contributed by atoms with van der Waals surface area (Å²) in [6.07, 6.45) is 0.939. The summed E-state index contributed by atoms with van der Waals surface area (Å²) in [6, 6.07) is 0. The Morgan fingerprint density at radius 3 is 2.62 bits per heavy atom. The van der Waals surface area contributed by atoms with Crippen molar-refractivity contribution in [1.29, 1.82) is 0 Å². The molecular weight excluding hydrogens is 194 g/mol. The average molecular weight is 211 g/mol. The van der Waals surface area contributed by atoms with Crippen molar-refractivity contribution in [3.8, 4) is 0 Å². The van der Waals surface area contributed by atoms with E-state index in [2.05, 4.69) is 4.72 Å². The Morgan fingerprint density at radius 1 is 1.38 bits per heavy atom. The van der Waals surface area contributed by atoms with Crippen LogP contribution >= 0.6 is 0 Å². The minimum Gasteiger partial charge on any atom is -0.396 e. The zero-order valence-corrected chi connectivity index (χ0v) is 8.64. The first-order valence-electron chi connectivity index (χ1n) is 4.19. The van der Waals surface area contributed by atoms with Crippen LogP contribution in [0.3, 0.4) is 0 Å². The van der Waals surface area contributed by atoms with Gasteiger partial charge < -0.3 is 9.84 Å². The zero-order valence-electron chi connectivity index (χ0n) is 7.82. The maximum absolute atomic E-state index is 11.1. The fourth-order valence-electron chi connectivity index (χ4n) is 0.772. The Balaban J connectivity index is 3.55. The molecule has 0 aromatic heterocycles. The zero-order chi connectivity index (χ0) is 10.2. The molecule has 0 bridgehead atoms. The van der Waals surface area contributed by atoms with Crippen LogP contribution in [0, 0.1) is 0 Å². The molecule has 0 atom stereocenters. The molecular formula is C7H17NO4S. The summed E-state index contributed by atoms with van der Waals surface area (Å²) in [5.74, 6) is 0.0757. The van der Waals surface area contributed by atoms with Gasteiger partial charge >= 0.3 is 0 Å². The molecule has 6 heteroatoms. The fraction of sp³-hybridized carbons (Fsp3) is 1.00. The van der Waals surface area contributed by atoms with E-state index in [1.54, 1.807) is 0 Å². The standard InChI is InChI=1S/C7H17NO4S/c1-12-6-3-7-13(10,11)8-4-2-5-9/h8-9H,2-7H2,1H3. The Kier molecular flexibility index (Phi) is 7.16. The third-order valence-corrected chi connectivity index (χ3v) is 2.89. The number of sulfonamides is 1. The van der Waals surface area contributed by atoms with Crippen molar-refractivity contribution >= 4 is 10.0 Å². The number of methoxy groups -OCH3 is 1. The molecule has 0 heterocycles. The molecule has 0 fully saturated rings. The molecule has 0 rings (SSSR count). The van der Waals surface area contributed by atoms with Crippen LogP contribution in [0.2, 0.25) is 0 Å². The molecule has 80 valence electrons. The van der Waals surface area contributed by atoms with E-state index in [9.17, 15) is 8.42 Å². The van der Waals surface area contributed by atoms with Crippen molar-refractivity contribution in [3.05, 3.63) is 0 Å². The van der Waals surface area contributed by atoms with Crippen LogP contribution in [0.1, 0.15) is 12.8 Å². The van der Waals surface area contributed by atoms with E-state index < -0.39 is 10.0 Å². The van der Waals surface area contributed by atoms with Gasteiger partial charge in [-0.3, -0.25) is 0 Å². The minimum atomic E-state index is -3.17. The quantitative estimate of drug-likeness (QED) is 0.522. The predicted molar refractivity (Wildman–Crippen MR) is 50.0 cm³/mol. The summed E-state index contributed by atoms with van der Waals surface area (Å²) in [5, 5.41) is 8.42. The third-order valence-electron chi connectivity index (χ3n) is 1.42. The maximum Gasteiger partial charge on any atom is 0.211 e. The van der Waals surface area contributed by atoms with Gasteiger partial charge in [-0.05, 0) is 12.8 Å².